The third-order valence-corrected chi connectivity index (χ3v) is 4.90. The van der Waals surface area contributed by atoms with E-state index in [4.69, 9.17) is 0 Å². The van der Waals surface area contributed by atoms with Crippen molar-refractivity contribution in [2.45, 2.75) is 44.2 Å². The first-order valence-corrected chi connectivity index (χ1v) is 7.39. The van der Waals surface area contributed by atoms with E-state index in [1.165, 1.54) is 12.8 Å². The molecule has 104 valence electrons. The molecule has 0 radical (unpaired) electrons. The number of aliphatic hydroxyl groups is 1. The smallest absolute Gasteiger partial charge is 0.120 e. The molecule has 1 aromatic rings. The molecule has 0 bridgehead atoms. The number of fused-ring (bicyclic) bond motifs is 1. The number of phenols is 1. The van der Waals surface area contributed by atoms with Gasteiger partial charge in [0, 0.05) is 31.1 Å². The van der Waals surface area contributed by atoms with Gasteiger partial charge in [0.25, 0.3) is 0 Å². The number of para-hydroxylation sites is 1. The molecule has 3 nitrogen and oxygen atoms in total. The van der Waals surface area contributed by atoms with Crippen molar-refractivity contribution in [1.29, 1.82) is 0 Å². The molecular weight excluding hydrogens is 238 g/mol. The number of likely N-dealkylation sites (tertiary alicyclic amines) is 1. The number of nitrogens with zero attached hydrogens (tertiary/aromatic N) is 1. The van der Waals surface area contributed by atoms with Gasteiger partial charge >= 0.3 is 0 Å². The third-order valence-electron chi connectivity index (χ3n) is 4.90. The fourth-order valence-electron chi connectivity index (χ4n) is 3.67. The Balaban J connectivity index is 1.67. The Kier molecular flexibility index (Phi) is 3.50. The Morgan fingerprint density at radius 2 is 2.05 bits per heavy atom. The lowest BCUT2D eigenvalue weighted by Crippen LogP contribution is -2.52. The number of rotatable bonds is 2. The highest BCUT2D eigenvalue weighted by molar-refractivity contribution is 5.31. The first-order chi connectivity index (χ1) is 9.17. The second-order valence-corrected chi connectivity index (χ2v) is 6.16. The second-order valence-electron chi connectivity index (χ2n) is 6.16. The maximum absolute atomic E-state index is 10.7. The minimum Gasteiger partial charge on any atom is -0.508 e. The van der Waals surface area contributed by atoms with Crippen molar-refractivity contribution in [3.05, 3.63) is 29.8 Å². The molecule has 19 heavy (non-hydrogen) atoms. The zero-order chi connectivity index (χ0) is 13.3. The molecule has 2 N–H and O–H groups in total. The molecule has 0 amide bonds. The van der Waals surface area contributed by atoms with Crippen LogP contribution in [-0.2, 0) is 6.54 Å². The highest BCUT2D eigenvalue weighted by Gasteiger charge is 2.42. The molecule has 2 atom stereocenters. The van der Waals surface area contributed by atoms with Crippen LogP contribution in [0.4, 0.5) is 0 Å². The molecule has 2 aliphatic rings. The summed E-state index contributed by atoms with van der Waals surface area (Å²) in [6.07, 6.45) is 5.42. The summed E-state index contributed by atoms with van der Waals surface area (Å²) in [6.45, 7) is 2.69. The lowest BCUT2D eigenvalue weighted by molar-refractivity contribution is -0.0968. The molecule has 1 aliphatic heterocycles. The fourth-order valence-corrected chi connectivity index (χ4v) is 3.67. The summed E-state index contributed by atoms with van der Waals surface area (Å²) in [5.41, 5.74) is 0.580. The van der Waals surface area contributed by atoms with Gasteiger partial charge in [0.1, 0.15) is 5.75 Å². The molecule has 2 fully saturated rings. The van der Waals surface area contributed by atoms with Crippen LogP contribution >= 0.6 is 0 Å². The molecule has 1 saturated heterocycles. The molecule has 3 heteroatoms. The maximum Gasteiger partial charge on any atom is 0.120 e. The van der Waals surface area contributed by atoms with Crippen molar-refractivity contribution >= 4 is 0 Å². The third kappa shape index (κ3) is 2.63. The van der Waals surface area contributed by atoms with Gasteiger partial charge < -0.3 is 10.2 Å². The Morgan fingerprint density at radius 1 is 1.21 bits per heavy atom. The lowest BCUT2D eigenvalue weighted by Gasteiger charge is -2.47. The van der Waals surface area contributed by atoms with Gasteiger partial charge in [-0.3, -0.25) is 4.90 Å². The molecular formula is C16H23NO2. The molecule has 0 aromatic heterocycles. The van der Waals surface area contributed by atoms with Gasteiger partial charge in [-0.05, 0) is 25.3 Å². The zero-order valence-corrected chi connectivity index (χ0v) is 11.4. The predicted octanol–water partition coefficient (Wildman–Crippen LogP) is 2.52. The van der Waals surface area contributed by atoms with Gasteiger partial charge in [-0.25, -0.2) is 0 Å². The number of hydrogen-bond donors (Lipinski definition) is 2. The SMILES string of the molecule is Oc1ccccc1CN1CCC2(O)CCCCC2C1. The Hall–Kier alpha value is -1.06. The van der Waals surface area contributed by atoms with E-state index in [1.54, 1.807) is 6.07 Å². The van der Waals surface area contributed by atoms with Crippen molar-refractivity contribution in [2.75, 3.05) is 13.1 Å². The monoisotopic (exact) mass is 261 g/mol. The number of aromatic hydroxyl groups is 1. The van der Waals surface area contributed by atoms with Crippen molar-refractivity contribution < 1.29 is 10.2 Å². The number of benzene rings is 1. The predicted molar refractivity (Wildman–Crippen MR) is 74.9 cm³/mol. The molecule has 1 saturated carbocycles. The molecule has 2 unspecified atom stereocenters. The van der Waals surface area contributed by atoms with Gasteiger partial charge in [0.05, 0.1) is 5.60 Å². The summed E-state index contributed by atoms with van der Waals surface area (Å²) in [7, 11) is 0. The van der Waals surface area contributed by atoms with Crippen LogP contribution in [0.15, 0.2) is 24.3 Å². The summed E-state index contributed by atoms with van der Waals surface area (Å²) >= 11 is 0. The van der Waals surface area contributed by atoms with Crippen molar-refractivity contribution in [2.24, 2.45) is 5.92 Å². The normalized spacial score (nSPS) is 31.9. The van der Waals surface area contributed by atoms with E-state index in [2.05, 4.69) is 4.90 Å². The van der Waals surface area contributed by atoms with Gasteiger partial charge in [0.2, 0.25) is 0 Å². The van der Waals surface area contributed by atoms with Gasteiger partial charge in [0.15, 0.2) is 0 Å². The van der Waals surface area contributed by atoms with Crippen molar-refractivity contribution in [3.8, 4) is 5.75 Å². The standard InChI is InChI=1S/C16H23NO2/c18-15-7-2-1-5-13(15)11-17-10-9-16(19)8-4-3-6-14(16)12-17/h1-2,5,7,14,18-19H,3-4,6,8-12H2. The first-order valence-electron chi connectivity index (χ1n) is 7.39. The summed E-state index contributed by atoms with van der Waals surface area (Å²) in [6, 6.07) is 7.55. The van der Waals surface area contributed by atoms with Crippen LogP contribution in [-0.4, -0.2) is 33.8 Å². The molecule has 1 heterocycles. The Morgan fingerprint density at radius 3 is 2.89 bits per heavy atom. The summed E-state index contributed by atoms with van der Waals surface area (Å²) in [5, 5.41) is 20.5. The molecule has 0 spiro atoms. The Labute approximate surface area is 114 Å². The van der Waals surface area contributed by atoms with E-state index >= 15 is 0 Å². The van der Waals surface area contributed by atoms with E-state index in [-0.39, 0.29) is 0 Å². The average molecular weight is 261 g/mol. The van der Waals surface area contributed by atoms with Crippen LogP contribution in [0.5, 0.6) is 5.75 Å². The van der Waals surface area contributed by atoms with Crippen LogP contribution < -0.4 is 0 Å². The van der Waals surface area contributed by atoms with Crippen LogP contribution in [0.25, 0.3) is 0 Å². The number of phenolic OH excluding ortho intramolecular Hbond substituents is 1. The summed E-state index contributed by atoms with van der Waals surface area (Å²) < 4.78 is 0. The van der Waals surface area contributed by atoms with Crippen molar-refractivity contribution in [1.82, 2.24) is 4.90 Å². The van der Waals surface area contributed by atoms with Crippen LogP contribution in [0.3, 0.4) is 0 Å². The highest BCUT2D eigenvalue weighted by atomic mass is 16.3. The number of hydrogen-bond acceptors (Lipinski definition) is 3. The minimum absolute atomic E-state index is 0.381. The van der Waals surface area contributed by atoms with Gasteiger partial charge in [-0.15, -0.1) is 0 Å². The highest BCUT2D eigenvalue weighted by Crippen LogP contribution is 2.40. The van der Waals surface area contributed by atoms with Gasteiger partial charge in [-0.1, -0.05) is 31.0 Å². The summed E-state index contributed by atoms with van der Waals surface area (Å²) in [5.74, 6) is 0.799. The van der Waals surface area contributed by atoms with E-state index < -0.39 is 5.60 Å². The van der Waals surface area contributed by atoms with Crippen LogP contribution in [0.2, 0.25) is 0 Å². The van der Waals surface area contributed by atoms with E-state index in [0.717, 1.165) is 44.5 Å². The number of piperidine rings is 1. The molecule has 1 aliphatic carbocycles. The van der Waals surface area contributed by atoms with E-state index in [9.17, 15) is 10.2 Å². The Bertz CT molecular complexity index is 448. The van der Waals surface area contributed by atoms with Crippen LogP contribution in [0, 0.1) is 5.92 Å². The molecule has 1 aromatic carbocycles. The van der Waals surface area contributed by atoms with Crippen LogP contribution in [0.1, 0.15) is 37.7 Å². The topological polar surface area (TPSA) is 43.7 Å². The second kappa shape index (κ2) is 5.14. The average Bonchev–Trinajstić information content (AvgIpc) is 2.41. The van der Waals surface area contributed by atoms with E-state index in [1.807, 2.05) is 18.2 Å². The minimum atomic E-state index is -0.409. The van der Waals surface area contributed by atoms with Gasteiger partial charge in [-0.2, -0.15) is 0 Å². The lowest BCUT2D eigenvalue weighted by atomic mass is 9.71. The first kappa shape index (κ1) is 12.9. The quantitative estimate of drug-likeness (QED) is 0.859. The summed E-state index contributed by atoms with van der Waals surface area (Å²) in [4.78, 5) is 2.37. The fraction of sp³-hybridized carbons (Fsp3) is 0.625. The van der Waals surface area contributed by atoms with Crippen molar-refractivity contribution in [3.63, 3.8) is 0 Å². The maximum atomic E-state index is 10.7. The van der Waals surface area contributed by atoms with E-state index in [0.29, 0.717) is 11.7 Å². The zero-order valence-electron chi connectivity index (χ0n) is 11.4. The molecule has 3 rings (SSSR count). The largest absolute Gasteiger partial charge is 0.508 e.